The first-order valence-electron chi connectivity index (χ1n) is 12.2. The van der Waals surface area contributed by atoms with E-state index in [1.54, 1.807) is 12.1 Å². The van der Waals surface area contributed by atoms with E-state index in [4.69, 9.17) is 0 Å². The topological polar surface area (TPSA) is 46.7 Å². The molecule has 1 aliphatic heterocycles. The van der Waals surface area contributed by atoms with Crippen molar-refractivity contribution in [3.05, 3.63) is 95.6 Å². The molecule has 0 aliphatic carbocycles. The Morgan fingerprint density at radius 3 is 2.09 bits per heavy atom. The Balaban J connectivity index is 1.76. The second-order valence-corrected chi connectivity index (χ2v) is 9.11. The van der Waals surface area contributed by atoms with Gasteiger partial charge in [-0.1, -0.05) is 42.5 Å². The summed E-state index contributed by atoms with van der Waals surface area (Å²) in [7, 11) is 0. The Hall–Kier alpha value is -3.21. The van der Waals surface area contributed by atoms with Gasteiger partial charge in [0.15, 0.2) is 12.8 Å². The summed E-state index contributed by atoms with van der Waals surface area (Å²) < 4.78 is 2.34. The molecule has 0 saturated heterocycles. The van der Waals surface area contributed by atoms with E-state index in [0.717, 1.165) is 48.3 Å². The standard InChI is InChI=1S/C30H34N2O2/c1-23(2)31-18-20-32(21-19-31)27-14-10-25(11-15-27)30(26-12-16-28(34)17-13-26)29(9-6-22-33)24-7-4-3-5-8-24/h3-5,7-8,10-17,20,23,33H,6,9,18-19,21-22H2,1-2H3/p+1/b30-29+. The van der Waals surface area contributed by atoms with Crippen molar-refractivity contribution >= 4 is 23.0 Å². The normalized spacial score (nSPS) is 15.2. The van der Waals surface area contributed by atoms with Gasteiger partial charge in [-0.25, -0.2) is 4.58 Å². The molecule has 176 valence electrons. The molecule has 1 heterocycles. The summed E-state index contributed by atoms with van der Waals surface area (Å²) in [6.45, 7) is 7.67. The minimum atomic E-state index is 0.149. The van der Waals surface area contributed by atoms with E-state index in [0.29, 0.717) is 12.5 Å². The van der Waals surface area contributed by atoms with Crippen LogP contribution in [0.4, 0.5) is 5.69 Å². The third-order valence-corrected chi connectivity index (χ3v) is 6.55. The van der Waals surface area contributed by atoms with Gasteiger partial charge >= 0.3 is 0 Å². The van der Waals surface area contributed by atoms with Gasteiger partial charge in [-0.05, 0) is 78.8 Å². The molecule has 0 fully saturated rings. The summed E-state index contributed by atoms with van der Waals surface area (Å²) in [6.07, 6.45) is 3.74. The van der Waals surface area contributed by atoms with Crippen LogP contribution in [0.1, 0.15) is 43.4 Å². The van der Waals surface area contributed by atoms with Gasteiger partial charge < -0.3 is 10.2 Å². The van der Waals surface area contributed by atoms with Crippen molar-refractivity contribution in [1.82, 2.24) is 4.90 Å². The summed E-state index contributed by atoms with van der Waals surface area (Å²) in [4.78, 5) is 2.48. The van der Waals surface area contributed by atoms with Gasteiger partial charge in [-0.2, -0.15) is 0 Å². The van der Waals surface area contributed by atoms with Crippen molar-refractivity contribution in [3.8, 4) is 5.75 Å². The molecule has 4 heteroatoms. The molecule has 0 radical (unpaired) electrons. The van der Waals surface area contributed by atoms with Crippen molar-refractivity contribution in [2.75, 3.05) is 26.2 Å². The predicted octanol–water partition coefficient (Wildman–Crippen LogP) is 5.56. The van der Waals surface area contributed by atoms with Crippen LogP contribution in [-0.2, 0) is 0 Å². The van der Waals surface area contributed by atoms with E-state index in [1.165, 1.54) is 11.3 Å². The second kappa shape index (κ2) is 11.3. The van der Waals surface area contributed by atoms with E-state index in [1.807, 2.05) is 18.2 Å². The SMILES string of the molecule is CC(C)N1CC=[N+](c2ccc(/C(=C(/CCCO)c3ccccc3)c3ccc(O)cc3)cc2)CC1. The van der Waals surface area contributed by atoms with Crippen molar-refractivity contribution in [2.45, 2.75) is 32.7 Å². The van der Waals surface area contributed by atoms with E-state index >= 15 is 0 Å². The number of rotatable bonds is 8. The van der Waals surface area contributed by atoms with Crippen LogP contribution < -0.4 is 0 Å². The molecule has 0 saturated carbocycles. The van der Waals surface area contributed by atoms with Crippen molar-refractivity contribution in [1.29, 1.82) is 0 Å². The summed E-state index contributed by atoms with van der Waals surface area (Å²) in [5.74, 6) is 0.256. The maximum atomic E-state index is 9.88. The number of allylic oxidation sites excluding steroid dienone is 1. The van der Waals surface area contributed by atoms with Crippen molar-refractivity contribution < 1.29 is 14.8 Å². The van der Waals surface area contributed by atoms with Crippen LogP contribution in [0.2, 0.25) is 0 Å². The number of aromatic hydroxyl groups is 1. The quantitative estimate of drug-likeness (QED) is 0.345. The minimum Gasteiger partial charge on any atom is -0.508 e. The van der Waals surface area contributed by atoms with E-state index in [-0.39, 0.29) is 12.4 Å². The summed E-state index contributed by atoms with van der Waals surface area (Å²) in [5.41, 5.74) is 6.88. The fourth-order valence-electron chi connectivity index (χ4n) is 4.60. The van der Waals surface area contributed by atoms with Gasteiger partial charge in [0.1, 0.15) is 5.75 Å². The fourth-order valence-corrected chi connectivity index (χ4v) is 4.60. The lowest BCUT2D eigenvalue weighted by Crippen LogP contribution is -2.42. The largest absolute Gasteiger partial charge is 0.508 e. The monoisotopic (exact) mass is 455 g/mol. The second-order valence-electron chi connectivity index (χ2n) is 9.11. The summed E-state index contributed by atoms with van der Waals surface area (Å²) in [6, 6.07) is 27.2. The van der Waals surface area contributed by atoms with Crippen LogP contribution >= 0.6 is 0 Å². The third-order valence-electron chi connectivity index (χ3n) is 6.55. The van der Waals surface area contributed by atoms with Gasteiger partial charge in [-0.15, -0.1) is 0 Å². The van der Waals surface area contributed by atoms with Gasteiger partial charge in [0.2, 0.25) is 5.69 Å². The van der Waals surface area contributed by atoms with Gasteiger partial charge in [0.25, 0.3) is 0 Å². The highest BCUT2D eigenvalue weighted by atomic mass is 16.3. The third kappa shape index (κ3) is 5.64. The summed E-state index contributed by atoms with van der Waals surface area (Å²) >= 11 is 0. The molecule has 0 atom stereocenters. The molecule has 0 bridgehead atoms. The van der Waals surface area contributed by atoms with E-state index in [2.05, 4.69) is 78.1 Å². The predicted molar refractivity (Wildman–Crippen MR) is 141 cm³/mol. The number of phenolic OH excluding ortho intramolecular Hbond substituents is 1. The van der Waals surface area contributed by atoms with Crippen LogP contribution in [-0.4, -0.2) is 58.2 Å². The number of aliphatic hydroxyl groups excluding tert-OH is 1. The molecule has 0 unspecified atom stereocenters. The molecule has 34 heavy (non-hydrogen) atoms. The molecule has 4 rings (SSSR count). The fraction of sp³-hybridized carbons (Fsp3) is 0.300. The molecule has 3 aromatic carbocycles. The highest BCUT2D eigenvalue weighted by Crippen LogP contribution is 2.36. The Morgan fingerprint density at radius 2 is 1.53 bits per heavy atom. The van der Waals surface area contributed by atoms with Gasteiger partial charge in [0.05, 0.1) is 13.1 Å². The number of benzene rings is 3. The Morgan fingerprint density at radius 1 is 0.882 bits per heavy atom. The first-order valence-corrected chi connectivity index (χ1v) is 12.2. The molecule has 0 spiro atoms. The number of aliphatic hydroxyl groups is 1. The zero-order valence-electron chi connectivity index (χ0n) is 20.2. The molecule has 2 N–H and O–H groups in total. The van der Waals surface area contributed by atoms with Crippen LogP contribution in [0.5, 0.6) is 5.75 Å². The lowest BCUT2D eigenvalue weighted by atomic mass is 9.87. The highest BCUT2D eigenvalue weighted by Gasteiger charge is 2.21. The lowest BCUT2D eigenvalue weighted by Gasteiger charge is -2.26. The molecule has 4 nitrogen and oxygen atoms in total. The maximum absolute atomic E-state index is 9.88. The summed E-state index contributed by atoms with van der Waals surface area (Å²) in [5, 5.41) is 19.5. The smallest absolute Gasteiger partial charge is 0.205 e. The first kappa shape index (κ1) is 23.9. The van der Waals surface area contributed by atoms with Crippen molar-refractivity contribution in [3.63, 3.8) is 0 Å². The average Bonchev–Trinajstić information content (AvgIpc) is 2.88. The molecule has 3 aromatic rings. The zero-order chi connectivity index (χ0) is 23.9. The maximum Gasteiger partial charge on any atom is 0.205 e. The number of hydrogen-bond donors (Lipinski definition) is 2. The van der Waals surface area contributed by atoms with Crippen LogP contribution in [0.15, 0.2) is 78.9 Å². The van der Waals surface area contributed by atoms with Gasteiger partial charge in [0, 0.05) is 24.8 Å². The molecular formula is C30H35N2O2+. The Labute approximate surface area is 203 Å². The van der Waals surface area contributed by atoms with Crippen LogP contribution in [0.3, 0.4) is 0 Å². The van der Waals surface area contributed by atoms with E-state index < -0.39 is 0 Å². The Bertz CT molecular complexity index is 1130. The first-order chi connectivity index (χ1) is 16.6. The molecular weight excluding hydrogens is 420 g/mol. The highest BCUT2D eigenvalue weighted by molar-refractivity contribution is 5.98. The lowest BCUT2D eigenvalue weighted by molar-refractivity contribution is -0.444. The zero-order valence-corrected chi connectivity index (χ0v) is 20.2. The number of hydrogen-bond acceptors (Lipinski definition) is 3. The van der Waals surface area contributed by atoms with Gasteiger partial charge in [-0.3, -0.25) is 4.90 Å². The number of nitrogens with zero attached hydrogens (tertiary/aromatic N) is 2. The van der Waals surface area contributed by atoms with Crippen molar-refractivity contribution in [2.24, 2.45) is 0 Å². The Kier molecular flexibility index (Phi) is 7.94. The number of phenols is 1. The van der Waals surface area contributed by atoms with Crippen LogP contribution in [0.25, 0.3) is 11.1 Å². The van der Waals surface area contributed by atoms with Crippen LogP contribution in [0, 0.1) is 0 Å². The minimum absolute atomic E-state index is 0.149. The molecule has 0 aromatic heterocycles. The molecule has 1 aliphatic rings. The average molecular weight is 456 g/mol. The van der Waals surface area contributed by atoms with E-state index in [9.17, 15) is 10.2 Å². The molecule has 0 amide bonds.